The van der Waals surface area contributed by atoms with Gasteiger partial charge in [-0.2, -0.15) is 0 Å². The van der Waals surface area contributed by atoms with E-state index < -0.39 is 27.2 Å². The summed E-state index contributed by atoms with van der Waals surface area (Å²) >= 11 is 9.18. The lowest BCUT2D eigenvalue weighted by molar-refractivity contribution is -0.384. The summed E-state index contributed by atoms with van der Waals surface area (Å²) in [6.45, 7) is 3.48. The number of nitro groups is 1. The molecule has 2 aromatic carbocycles. The van der Waals surface area contributed by atoms with Gasteiger partial charge in [-0.1, -0.05) is 27.5 Å². The summed E-state index contributed by atoms with van der Waals surface area (Å²) in [7, 11) is -4.30. The molecule has 2 aromatic rings. The highest BCUT2D eigenvalue weighted by Crippen LogP contribution is 2.32. The summed E-state index contributed by atoms with van der Waals surface area (Å²) in [5.74, 6) is -0.320. The Labute approximate surface area is 200 Å². The summed E-state index contributed by atoms with van der Waals surface area (Å²) in [5.41, 5.74) is -0.246. The smallest absolute Gasteiger partial charge is 0.289 e. The second-order valence-corrected chi connectivity index (χ2v) is 11.0. The van der Waals surface area contributed by atoms with Crippen molar-refractivity contribution in [2.75, 3.05) is 10.8 Å². The number of benzene rings is 2. The van der Waals surface area contributed by atoms with Gasteiger partial charge in [-0.25, -0.2) is 8.42 Å². The Morgan fingerprint density at radius 1 is 1.19 bits per heavy atom. The third-order valence-electron chi connectivity index (χ3n) is 5.58. The van der Waals surface area contributed by atoms with Crippen molar-refractivity contribution in [3.8, 4) is 0 Å². The zero-order valence-electron chi connectivity index (χ0n) is 17.6. The van der Waals surface area contributed by atoms with E-state index in [2.05, 4.69) is 15.9 Å². The number of nitro benzene ring substituents is 1. The summed E-state index contributed by atoms with van der Waals surface area (Å²) in [4.78, 5) is 25.2. The molecule has 1 saturated heterocycles. The lowest BCUT2D eigenvalue weighted by Gasteiger charge is -2.40. The van der Waals surface area contributed by atoms with Gasteiger partial charge in [0, 0.05) is 22.6 Å². The molecule has 1 aliphatic rings. The minimum atomic E-state index is -4.30. The highest BCUT2D eigenvalue weighted by molar-refractivity contribution is 9.10. The van der Waals surface area contributed by atoms with E-state index >= 15 is 0 Å². The van der Waals surface area contributed by atoms with Crippen LogP contribution in [0.3, 0.4) is 0 Å². The van der Waals surface area contributed by atoms with Crippen molar-refractivity contribution < 1.29 is 18.1 Å². The van der Waals surface area contributed by atoms with E-state index in [0.717, 1.165) is 34.1 Å². The zero-order valence-corrected chi connectivity index (χ0v) is 20.7. The minimum Gasteiger partial charge on any atom is -0.336 e. The largest absolute Gasteiger partial charge is 0.336 e. The first kappa shape index (κ1) is 24.5. The van der Waals surface area contributed by atoms with Crippen molar-refractivity contribution in [2.24, 2.45) is 0 Å². The second-order valence-electron chi connectivity index (χ2n) is 7.79. The van der Waals surface area contributed by atoms with E-state index in [4.69, 9.17) is 11.6 Å². The van der Waals surface area contributed by atoms with E-state index in [0.29, 0.717) is 0 Å². The normalized spacial score (nSPS) is 18.9. The molecule has 0 unspecified atom stereocenters. The Hall–Kier alpha value is -2.17. The second kappa shape index (κ2) is 9.76. The van der Waals surface area contributed by atoms with E-state index in [-0.39, 0.29) is 33.6 Å². The van der Waals surface area contributed by atoms with Crippen LogP contribution in [-0.2, 0) is 14.8 Å². The third kappa shape index (κ3) is 5.07. The van der Waals surface area contributed by atoms with E-state index in [1.54, 1.807) is 29.2 Å². The number of carbonyl (C=O) groups is 1. The van der Waals surface area contributed by atoms with E-state index in [1.807, 2.05) is 13.8 Å². The molecule has 1 aliphatic heterocycles. The molecule has 0 N–H and O–H groups in total. The van der Waals surface area contributed by atoms with Crippen LogP contribution in [0.5, 0.6) is 0 Å². The number of carbonyl (C=O) groups excluding carboxylic acids is 1. The van der Waals surface area contributed by atoms with Crippen molar-refractivity contribution in [2.45, 2.75) is 50.1 Å². The molecule has 0 radical (unpaired) electrons. The average molecular weight is 545 g/mol. The molecule has 11 heteroatoms. The highest BCUT2D eigenvalue weighted by atomic mass is 79.9. The first-order chi connectivity index (χ1) is 15.0. The fourth-order valence-electron chi connectivity index (χ4n) is 3.96. The van der Waals surface area contributed by atoms with Crippen LogP contribution >= 0.6 is 27.5 Å². The summed E-state index contributed by atoms with van der Waals surface area (Å²) in [5, 5.41) is 11.1. The maximum atomic E-state index is 13.6. The Balaban J connectivity index is 2.05. The van der Waals surface area contributed by atoms with Crippen LogP contribution in [0.15, 0.2) is 51.8 Å². The maximum absolute atomic E-state index is 13.6. The molecule has 0 aromatic heterocycles. The van der Waals surface area contributed by atoms with Gasteiger partial charge in [0.2, 0.25) is 5.91 Å². The van der Waals surface area contributed by atoms with Crippen LogP contribution in [0.4, 0.5) is 11.4 Å². The first-order valence-electron chi connectivity index (χ1n) is 10.1. The maximum Gasteiger partial charge on any atom is 0.289 e. The standard InChI is InChI=1S/C21H23BrClN3O5S/c1-14-4-3-5-15(2)25(14)21(27)13-24(17-8-6-16(22)7-9-17)32(30,31)18-10-11-19(23)20(12-18)26(28)29/h6-12,14-15H,3-5,13H2,1-2H3/t14-,15-/m0/s1. The molecule has 172 valence electrons. The number of likely N-dealkylation sites (tertiary alicyclic amines) is 1. The average Bonchev–Trinajstić information content (AvgIpc) is 2.72. The Bertz CT molecular complexity index is 1120. The monoisotopic (exact) mass is 543 g/mol. The van der Waals surface area contributed by atoms with Crippen LogP contribution in [-0.4, -0.2) is 42.8 Å². The molecule has 0 saturated carbocycles. The van der Waals surface area contributed by atoms with Gasteiger partial charge in [0.1, 0.15) is 11.6 Å². The minimum absolute atomic E-state index is 0.00246. The summed E-state index contributed by atoms with van der Waals surface area (Å²) in [6, 6.07) is 9.76. The molecule has 0 spiro atoms. The van der Waals surface area contributed by atoms with Crippen LogP contribution in [0, 0.1) is 10.1 Å². The van der Waals surface area contributed by atoms with Gasteiger partial charge >= 0.3 is 0 Å². The number of sulfonamides is 1. The van der Waals surface area contributed by atoms with Crippen molar-refractivity contribution in [3.63, 3.8) is 0 Å². The van der Waals surface area contributed by atoms with Crippen LogP contribution in [0.2, 0.25) is 5.02 Å². The number of anilines is 1. The van der Waals surface area contributed by atoms with E-state index in [9.17, 15) is 23.3 Å². The molecule has 0 bridgehead atoms. The first-order valence-corrected chi connectivity index (χ1v) is 12.7. The molecule has 8 nitrogen and oxygen atoms in total. The molecule has 3 rings (SSSR count). The van der Waals surface area contributed by atoms with Gasteiger partial charge in [-0.05, 0) is 69.5 Å². The van der Waals surface area contributed by atoms with Crippen LogP contribution in [0.1, 0.15) is 33.1 Å². The van der Waals surface area contributed by atoms with Crippen molar-refractivity contribution in [1.82, 2.24) is 4.90 Å². The molecule has 1 amide bonds. The fraction of sp³-hybridized carbons (Fsp3) is 0.381. The lowest BCUT2D eigenvalue weighted by atomic mass is 9.97. The molecule has 2 atom stereocenters. The van der Waals surface area contributed by atoms with Gasteiger partial charge in [-0.15, -0.1) is 0 Å². The lowest BCUT2D eigenvalue weighted by Crippen LogP contribution is -2.52. The van der Waals surface area contributed by atoms with Gasteiger partial charge in [-0.3, -0.25) is 19.2 Å². The Morgan fingerprint density at radius 3 is 2.34 bits per heavy atom. The van der Waals surface area contributed by atoms with Crippen molar-refractivity contribution >= 4 is 54.8 Å². The van der Waals surface area contributed by atoms with Gasteiger partial charge < -0.3 is 4.90 Å². The van der Waals surface area contributed by atoms with E-state index in [1.165, 1.54) is 12.1 Å². The van der Waals surface area contributed by atoms with Crippen molar-refractivity contribution in [1.29, 1.82) is 0 Å². The number of amides is 1. The summed E-state index contributed by atoms with van der Waals surface area (Å²) < 4.78 is 28.9. The molecule has 1 fully saturated rings. The topological polar surface area (TPSA) is 101 Å². The van der Waals surface area contributed by atoms with Gasteiger partial charge in [0.25, 0.3) is 15.7 Å². The predicted molar refractivity (Wildman–Crippen MR) is 126 cm³/mol. The van der Waals surface area contributed by atoms with Crippen LogP contribution < -0.4 is 4.31 Å². The van der Waals surface area contributed by atoms with Gasteiger partial charge in [0.15, 0.2) is 0 Å². The Kier molecular flexibility index (Phi) is 7.46. The SMILES string of the molecule is C[C@H]1CCC[C@H](C)N1C(=O)CN(c1ccc(Br)cc1)S(=O)(=O)c1ccc(Cl)c([N+](=O)[O-])c1. The number of piperidine rings is 1. The number of hydrogen-bond acceptors (Lipinski definition) is 5. The molecule has 32 heavy (non-hydrogen) atoms. The fourth-order valence-corrected chi connectivity index (χ4v) is 5.85. The van der Waals surface area contributed by atoms with Crippen LogP contribution in [0.25, 0.3) is 0 Å². The number of nitrogens with zero attached hydrogens (tertiary/aromatic N) is 3. The predicted octanol–water partition coefficient (Wildman–Crippen LogP) is 5.00. The van der Waals surface area contributed by atoms with Crippen molar-refractivity contribution in [3.05, 3.63) is 62.1 Å². The number of halogens is 2. The molecular weight excluding hydrogens is 522 g/mol. The zero-order chi connectivity index (χ0) is 23.6. The summed E-state index contributed by atoms with van der Waals surface area (Å²) in [6.07, 6.45) is 2.71. The molecule has 1 heterocycles. The van der Waals surface area contributed by atoms with Gasteiger partial charge in [0.05, 0.1) is 15.5 Å². The molecular formula is C21H23BrClN3O5S. The molecule has 0 aliphatic carbocycles. The quantitative estimate of drug-likeness (QED) is 0.376. The highest BCUT2D eigenvalue weighted by Gasteiger charge is 2.34. The Morgan fingerprint density at radius 2 is 1.78 bits per heavy atom. The third-order valence-corrected chi connectivity index (χ3v) is 8.20. The number of rotatable bonds is 6. The number of hydrogen-bond donors (Lipinski definition) is 0.